The van der Waals surface area contributed by atoms with Crippen LogP contribution in [0.15, 0.2) is 35.3 Å². The van der Waals surface area contributed by atoms with Crippen LogP contribution in [0.3, 0.4) is 0 Å². The Labute approximate surface area is 154 Å². The SMILES string of the molecule is O=c1c(Cl)c(N2CCN(C3CC3)CC2)cnn1-c1ccc([N+](=O)[O-])cc1. The smallest absolute Gasteiger partial charge is 0.292 e. The summed E-state index contributed by atoms with van der Waals surface area (Å²) in [4.78, 5) is 27.5. The highest BCUT2D eigenvalue weighted by Gasteiger charge is 2.31. The second kappa shape index (κ2) is 6.69. The molecule has 2 aliphatic rings. The van der Waals surface area contributed by atoms with Crippen molar-refractivity contribution in [3.8, 4) is 5.69 Å². The van der Waals surface area contributed by atoms with Crippen molar-refractivity contribution in [3.63, 3.8) is 0 Å². The van der Waals surface area contributed by atoms with Gasteiger partial charge in [-0.05, 0) is 25.0 Å². The summed E-state index contributed by atoms with van der Waals surface area (Å²) in [5.41, 5.74) is 0.610. The number of hydrogen-bond donors (Lipinski definition) is 0. The number of halogens is 1. The Kier molecular flexibility index (Phi) is 4.37. The van der Waals surface area contributed by atoms with Crippen LogP contribution in [0.2, 0.25) is 5.02 Å². The third-order valence-corrected chi connectivity index (χ3v) is 5.28. The molecule has 0 unspecified atom stereocenters. The second-order valence-corrected chi connectivity index (χ2v) is 6.97. The first-order valence-corrected chi connectivity index (χ1v) is 8.94. The van der Waals surface area contributed by atoms with Gasteiger partial charge < -0.3 is 4.90 Å². The van der Waals surface area contributed by atoms with E-state index in [1.54, 1.807) is 6.20 Å². The van der Waals surface area contributed by atoms with Crippen LogP contribution in [0, 0.1) is 10.1 Å². The van der Waals surface area contributed by atoms with Crippen molar-refractivity contribution in [2.24, 2.45) is 0 Å². The Morgan fingerprint density at radius 1 is 1.12 bits per heavy atom. The molecule has 1 aromatic carbocycles. The van der Waals surface area contributed by atoms with Crippen molar-refractivity contribution >= 4 is 23.0 Å². The summed E-state index contributed by atoms with van der Waals surface area (Å²) in [7, 11) is 0. The van der Waals surface area contributed by atoms with Crippen molar-refractivity contribution in [3.05, 3.63) is 56.0 Å². The Bertz CT molecular complexity index is 886. The fourth-order valence-corrected chi connectivity index (χ4v) is 3.56. The molecule has 4 rings (SSSR count). The maximum atomic E-state index is 12.6. The maximum Gasteiger partial charge on any atom is 0.292 e. The number of nitro groups is 1. The van der Waals surface area contributed by atoms with Gasteiger partial charge in [0.2, 0.25) is 0 Å². The van der Waals surface area contributed by atoms with E-state index in [0.29, 0.717) is 11.4 Å². The zero-order chi connectivity index (χ0) is 18.3. The highest BCUT2D eigenvalue weighted by molar-refractivity contribution is 6.33. The van der Waals surface area contributed by atoms with Crippen LogP contribution >= 0.6 is 11.6 Å². The predicted molar refractivity (Wildman–Crippen MR) is 98.3 cm³/mol. The number of rotatable bonds is 4. The van der Waals surface area contributed by atoms with Gasteiger partial charge in [0.1, 0.15) is 5.02 Å². The molecule has 1 aliphatic heterocycles. The van der Waals surface area contributed by atoms with Crippen molar-refractivity contribution in [2.45, 2.75) is 18.9 Å². The summed E-state index contributed by atoms with van der Waals surface area (Å²) in [5, 5.41) is 15.1. The molecule has 0 N–H and O–H groups in total. The molecule has 8 nitrogen and oxygen atoms in total. The van der Waals surface area contributed by atoms with E-state index in [1.165, 1.54) is 37.1 Å². The average Bonchev–Trinajstić information content (AvgIpc) is 3.49. The third kappa shape index (κ3) is 3.17. The predicted octanol–water partition coefficient (Wildman–Crippen LogP) is 2.08. The van der Waals surface area contributed by atoms with Crippen LogP contribution in [-0.2, 0) is 0 Å². The van der Waals surface area contributed by atoms with Crippen LogP contribution in [0.1, 0.15) is 12.8 Å². The summed E-state index contributed by atoms with van der Waals surface area (Å²) >= 11 is 6.34. The molecule has 0 spiro atoms. The lowest BCUT2D eigenvalue weighted by Gasteiger charge is -2.36. The maximum absolute atomic E-state index is 12.6. The fourth-order valence-electron chi connectivity index (χ4n) is 3.31. The molecule has 0 amide bonds. The minimum atomic E-state index is -0.489. The Balaban J connectivity index is 1.57. The first-order chi connectivity index (χ1) is 12.5. The molecule has 26 heavy (non-hydrogen) atoms. The van der Waals surface area contributed by atoms with Crippen molar-refractivity contribution in [2.75, 3.05) is 31.1 Å². The Hall–Kier alpha value is -2.45. The lowest BCUT2D eigenvalue weighted by molar-refractivity contribution is -0.384. The topological polar surface area (TPSA) is 84.5 Å². The minimum absolute atomic E-state index is 0.0435. The number of aromatic nitrogens is 2. The number of non-ortho nitro benzene ring substituents is 1. The Morgan fingerprint density at radius 3 is 2.35 bits per heavy atom. The van der Waals surface area contributed by atoms with Crippen LogP contribution in [-0.4, -0.2) is 51.8 Å². The van der Waals surface area contributed by atoms with Gasteiger partial charge in [0.25, 0.3) is 11.2 Å². The highest BCUT2D eigenvalue weighted by atomic mass is 35.5. The molecule has 0 bridgehead atoms. The van der Waals surface area contributed by atoms with Gasteiger partial charge in [0, 0.05) is 44.4 Å². The van der Waals surface area contributed by atoms with Crippen LogP contribution in [0.5, 0.6) is 0 Å². The molecule has 1 aromatic heterocycles. The number of hydrogen-bond acceptors (Lipinski definition) is 6. The van der Waals surface area contributed by atoms with E-state index in [-0.39, 0.29) is 10.7 Å². The van der Waals surface area contributed by atoms with Crippen molar-refractivity contribution in [1.29, 1.82) is 0 Å². The minimum Gasteiger partial charge on any atom is -0.366 e. The molecule has 136 valence electrons. The van der Waals surface area contributed by atoms with Gasteiger partial charge in [-0.3, -0.25) is 19.8 Å². The summed E-state index contributed by atoms with van der Waals surface area (Å²) in [6.07, 6.45) is 4.17. The highest BCUT2D eigenvalue weighted by Crippen LogP contribution is 2.29. The molecule has 1 saturated heterocycles. The molecule has 1 saturated carbocycles. The van der Waals surface area contributed by atoms with E-state index in [9.17, 15) is 14.9 Å². The van der Waals surface area contributed by atoms with Crippen molar-refractivity contribution < 1.29 is 4.92 Å². The molecule has 1 aliphatic carbocycles. The summed E-state index contributed by atoms with van der Waals surface area (Å²) in [5.74, 6) is 0. The van der Waals surface area contributed by atoms with E-state index >= 15 is 0 Å². The van der Waals surface area contributed by atoms with Gasteiger partial charge in [-0.25, -0.2) is 0 Å². The normalized spacial score (nSPS) is 18.1. The molecular formula is C17H18ClN5O3. The van der Waals surface area contributed by atoms with E-state index < -0.39 is 10.5 Å². The number of nitro benzene ring substituents is 1. The molecule has 2 fully saturated rings. The number of piperazine rings is 1. The van der Waals surface area contributed by atoms with Crippen molar-refractivity contribution in [1.82, 2.24) is 14.7 Å². The van der Waals surface area contributed by atoms with E-state index in [0.717, 1.165) is 36.9 Å². The average molecular weight is 376 g/mol. The van der Waals surface area contributed by atoms with E-state index in [2.05, 4.69) is 14.9 Å². The molecule has 2 heterocycles. The van der Waals surface area contributed by atoms with Gasteiger partial charge in [-0.15, -0.1) is 0 Å². The third-order valence-electron chi connectivity index (χ3n) is 4.92. The summed E-state index contributed by atoms with van der Waals surface area (Å²) < 4.78 is 1.16. The molecule has 2 aromatic rings. The van der Waals surface area contributed by atoms with Gasteiger partial charge in [0.15, 0.2) is 0 Å². The lowest BCUT2D eigenvalue weighted by Crippen LogP contribution is -2.47. The fraction of sp³-hybridized carbons (Fsp3) is 0.412. The standard InChI is InChI=1S/C17H18ClN5O3/c18-16-15(21-9-7-20(8-10-21)12-1-2-12)11-19-22(17(16)24)13-3-5-14(6-4-13)23(25)26/h3-6,11-12H,1-2,7-10H2. The molecule has 9 heteroatoms. The van der Waals surface area contributed by atoms with E-state index in [1.807, 2.05) is 0 Å². The summed E-state index contributed by atoms with van der Waals surface area (Å²) in [6, 6.07) is 6.37. The Morgan fingerprint density at radius 2 is 1.77 bits per heavy atom. The van der Waals surface area contributed by atoms with E-state index in [4.69, 9.17) is 11.6 Å². The lowest BCUT2D eigenvalue weighted by atomic mass is 10.2. The molecule has 0 radical (unpaired) electrons. The molecule has 0 atom stereocenters. The number of benzene rings is 1. The van der Waals surface area contributed by atoms with Gasteiger partial charge >= 0.3 is 0 Å². The largest absolute Gasteiger partial charge is 0.366 e. The zero-order valence-electron chi connectivity index (χ0n) is 14.0. The second-order valence-electron chi connectivity index (χ2n) is 6.59. The van der Waals surface area contributed by atoms with Gasteiger partial charge in [-0.1, -0.05) is 11.6 Å². The van der Waals surface area contributed by atoms with Crippen LogP contribution < -0.4 is 10.5 Å². The number of nitrogens with zero attached hydrogens (tertiary/aromatic N) is 5. The first-order valence-electron chi connectivity index (χ1n) is 8.56. The van der Waals surface area contributed by atoms with Gasteiger partial charge in [0.05, 0.1) is 22.5 Å². The van der Waals surface area contributed by atoms with Gasteiger partial charge in [-0.2, -0.15) is 9.78 Å². The quantitative estimate of drug-likeness (QED) is 0.601. The monoisotopic (exact) mass is 375 g/mol. The first kappa shape index (κ1) is 17.0. The van der Waals surface area contributed by atoms with Crippen LogP contribution in [0.4, 0.5) is 11.4 Å². The summed E-state index contributed by atoms with van der Waals surface area (Å²) in [6.45, 7) is 3.57. The van der Waals surface area contributed by atoms with Crippen LogP contribution in [0.25, 0.3) is 5.69 Å². The zero-order valence-corrected chi connectivity index (χ0v) is 14.8. The molecular weight excluding hydrogens is 358 g/mol. The number of anilines is 1.